The summed E-state index contributed by atoms with van der Waals surface area (Å²) in [6.07, 6.45) is 9.54. The third kappa shape index (κ3) is 4.72. The van der Waals surface area contributed by atoms with Crippen LogP contribution in [0.4, 0.5) is 0 Å². The van der Waals surface area contributed by atoms with Gasteiger partial charge in [-0.3, -0.25) is 18.7 Å². The molecule has 6 aromatic rings. The maximum Gasteiger partial charge on any atom is 0.269 e. The first-order chi connectivity index (χ1) is 24.3. The first-order valence-corrected chi connectivity index (χ1v) is 20.9. The Bertz CT molecular complexity index is 2960. The van der Waals surface area contributed by atoms with E-state index in [1.165, 1.54) is 77.9 Å². The van der Waals surface area contributed by atoms with Gasteiger partial charge >= 0.3 is 0 Å². The fourth-order valence-corrected chi connectivity index (χ4v) is 15.5. The number of hydrogen-bond acceptors (Lipinski definition) is 12. The molecule has 246 valence electrons. The molecule has 0 radical (unpaired) electrons. The molecule has 0 amide bonds. The highest BCUT2D eigenvalue weighted by Crippen LogP contribution is 2.64. The molecule has 50 heavy (non-hydrogen) atoms. The molecule has 0 saturated heterocycles. The van der Waals surface area contributed by atoms with Gasteiger partial charge in [0.1, 0.15) is 33.6 Å². The largest absolute Gasteiger partial charge is 0.298 e. The van der Waals surface area contributed by atoms with E-state index in [1.54, 1.807) is 22.7 Å². The molecule has 6 heterocycles. The highest BCUT2D eigenvalue weighted by atomic mass is 32.1. The number of fused-ring (bicyclic) bond motifs is 9. The minimum atomic E-state index is -0.189. The summed E-state index contributed by atoms with van der Waals surface area (Å²) in [5.74, 6) is 0. The molecule has 8 rings (SSSR count). The van der Waals surface area contributed by atoms with Gasteiger partial charge in [-0.1, -0.05) is 19.3 Å². The zero-order valence-electron chi connectivity index (χ0n) is 26.7. The number of nitrogens with zero attached hydrogens (tertiary/aromatic N) is 6. The summed E-state index contributed by atoms with van der Waals surface area (Å²) in [4.78, 5) is 31.1. The van der Waals surface area contributed by atoms with Gasteiger partial charge in [0.2, 0.25) is 0 Å². The van der Waals surface area contributed by atoms with Gasteiger partial charge in [-0.05, 0) is 56.5 Å². The summed E-state index contributed by atoms with van der Waals surface area (Å²) in [5.41, 5.74) is 2.30. The second-order valence-electron chi connectivity index (χ2n) is 12.1. The van der Waals surface area contributed by atoms with Gasteiger partial charge in [-0.2, -0.15) is 21.0 Å². The first kappa shape index (κ1) is 32.8. The van der Waals surface area contributed by atoms with Crippen molar-refractivity contribution in [1.29, 1.82) is 21.0 Å². The van der Waals surface area contributed by atoms with Crippen molar-refractivity contribution in [3.8, 4) is 34.0 Å². The number of nitriles is 4. The Morgan fingerprint density at radius 3 is 1.80 bits per heavy atom. The van der Waals surface area contributed by atoms with Gasteiger partial charge < -0.3 is 0 Å². The Morgan fingerprint density at radius 2 is 1.26 bits per heavy atom. The van der Waals surface area contributed by atoms with Gasteiger partial charge in [-0.25, -0.2) is 0 Å². The Hall–Kier alpha value is -4.38. The third-order valence-corrected chi connectivity index (χ3v) is 16.9. The zero-order valence-corrected chi connectivity index (χ0v) is 31.6. The maximum absolute atomic E-state index is 13.3. The quantitative estimate of drug-likeness (QED) is 0.216. The number of aromatic nitrogens is 2. The molecule has 0 N–H and O–H groups in total. The summed E-state index contributed by atoms with van der Waals surface area (Å²) in [6, 6.07) is 12.2. The smallest absolute Gasteiger partial charge is 0.269 e. The van der Waals surface area contributed by atoms with Crippen molar-refractivity contribution < 1.29 is 0 Å². The fourth-order valence-electron chi connectivity index (χ4n) is 7.36. The second-order valence-corrected chi connectivity index (χ2v) is 18.4. The topological polar surface area (TPSA) is 139 Å². The van der Waals surface area contributed by atoms with Crippen molar-refractivity contribution in [2.24, 2.45) is 0 Å². The molecule has 0 atom stereocenters. The molecule has 1 spiro atoms. The van der Waals surface area contributed by atoms with Crippen LogP contribution in [0.3, 0.4) is 0 Å². The van der Waals surface area contributed by atoms with E-state index in [0.717, 1.165) is 35.4 Å². The van der Waals surface area contributed by atoms with Crippen LogP contribution in [-0.2, 0) is 18.5 Å². The standard InChI is InChI=1S/C36H24N6O2S6/c1-3-41-32(43)24(48-34(41)18(14-37)15-38)12-20-10-22-27(45-20)29-26(36(22)8-6-5-7-9-36)30-31(50-29)28-23(47-30)11-21(46-28)13-25-33(44)42(4-2)35(49-25)19(16-39)17-40/h10-13H,3-9H2,1-2H3/b24-12-,25-13-. The molecular weight excluding hydrogens is 741 g/mol. The van der Waals surface area contributed by atoms with Gasteiger partial charge in [0.15, 0.2) is 11.1 Å². The molecule has 0 unspecified atom stereocenters. The van der Waals surface area contributed by atoms with E-state index >= 15 is 0 Å². The lowest BCUT2D eigenvalue weighted by atomic mass is 9.68. The predicted octanol–water partition coefficient (Wildman–Crippen LogP) is 6.01. The highest BCUT2D eigenvalue weighted by Gasteiger charge is 2.48. The van der Waals surface area contributed by atoms with Crippen LogP contribution in [0, 0.1) is 45.3 Å². The molecule has 6 aromatic heterocycles. The number of thiophene rings is 4. The van der Waals surface area contributed by atoms with Crippen LogP contribution in [0.25, 0.3) is 51.9 Å². The molecule has 1 saturated carbocycles. The van der Waals surface area contributed by atoms with Crippen LogP contribution in [0.15, 0.2) is 21.7 Å². The van der Waals surface area contributed by atoms with Crippen molar-refractivity contribution in [1.82, 2.24) is 9.13 Å². The summed E-state index contributed by atoms with van der Waals surface area (Å²) < 4.78 is 9.89. The first-order valence-electron chi connectivity index (χ1n) is 16.0. The lowest BCUT2D eigenvalue weighted by molar-refractivity contribution is 0.356. The van der Waals surface area contributed by atoms with E-state index in [-0.39, 0.29) is 27.7 Å². The molecule has 2 aliphatic rings. The normalized spacial score (nSPS) is 15.2. The van der Waals surface area contributed by atoms with E-state index in [2.05, 4.69) is 12.1 Å². The second kappa shape index (κ2) is 12.4. The van der Waals surface area contributed by atoms with Crippen LogP contribution in [0.5, 0.6) is 0 Å². The van der Waals surface area contributed by atoms with E-state index in [9.17, 15) is 30.6 Å². The average Bonchev–Trinajstić information content (AvgIpc) is 3.97. The number of rotatable bonds is 4. The van der Waals surface area contributed by atoms with E-state index in [0.29, 0.717) is 31.5 Å². The minimum absolute atomic E-state index is 0.0452. The SMILES string of the molecule is CCn1c(=C(C#N)C#N)s/c(=C\c2cc3c(s2)-c2sc4c(sc5cc(/C=c6\sc(=C(C#N)C#N)n(CC)c6=O)sc54)c2C32CCCCC2)c1=O. The summed E-state index contributed by atoms with van der Waals surface area (Å²) in [7, 11) is 0. The van der Waals surface area contributed by atoms with E-state index in [4.69, 9.17) is 0 Å². The minimum Gasteiger partial charge on any atom is -0.298 e. The molecule has 8 nitrogen and oxygen atoms in total. The van der Waals surface area contributed by atoms with Crippen molar-refractivity contribution in [3.05, 3.63) is 72.1 Å². The lowest BCUT2D eigenvalue weighted by Crippen LogP contribution is -2.31. The van der Waals surface area contributed by atoms with Crippen molar-refractivity contribution in [2.45, 2.75) is 64.5 Å². The molecular formula is C36H24N6O2S6. The van der Waals surface area contributed by atoms with Crippen LogP contribution in [0.2, 0.25) is 0 Å². The van der Waals surface area contributed by atoms with Crippen LogP contribution < -0.4 is 29.5 Å². The number of hydrogen-bond donors (Lipinski definition) is 0. The van der Waals surface area contributed by atoms with Gasteiger partial charge in [0, 0.05) is 43.4 Å². The Morgan fingerprint density at radius 1 is 0.700 bits per heavy atom. The Balaban J connectivity index is 1.29. The molecule has 14 heteroatoms. The Kier molecular flexibility index (Phi) is 8.16. The fraction of sp³-hybridized carbons (Fsp3) is 0.278. The van der Waals surface area contributed by atoms with E-state index in [1.807, 2.05) is 72.9 Å². The summed E-state index contributed by atoms with van der Waals surface area (Å²) in [5, 5.41) is 37.8. The predicted molar refractivity (Wildman–Crippen MR) is 206 cm³/mol. The van der Waals surface area contributed by atoms with Gasteiger partial charge in [0.25, 0.3) is 11.1 Å². The molecule has 0 aliphatic heterocycles. The molecule has 1 fully saturated rings. The van der Waals surface area contributed by atoms with Crippen molar-refractivity contribution in [3.63, 3.8) is 0 Å². The van der Waals surface area contributed by atoms with Crippen molar-refractivity contribution >= 4 is 110 Å². The highest BCUT2D eigenvalue weighted by molar-refractivity contribution is 7.40. The third-order valence-electron chi connectivity index (χ3n) is 9.53. The molecule has 2 aliphatic carbocycles. The van der Waals surface area contributed by atoms with Crippen LogP contribution in [-0.4, -0.2) is 9.13 Å². The van der Waals surface area contributed by atoms with Crippen LogP contribution in [0.1, 0.15) is 66.8 Å². The van der Waals surface area contributed by atoms with Gasteiger partial charge in [0.05, 0.1) is 28.0 Å². The summed E-state index contributed by atoms with van der Waals surface area (Å²) in [6.45, 7) is 4.44. The summed E-state index contributed by atoms with van der Waals surface area (Å²) >= 11 is 9.46. The maximum atomic E-state index is 13.3. The van der Waals surface area contributed by atoms with E-state index < -0.39 is 0 Å². The number of thiazole rings is 2. The van der Waals surface area contributed by atoms with Gasteiger partial charge in [-0.15, -0.1) is 68.0 Å². The lowest BCUT2D eigenvalue weighted by Gasteiger charge is -2.34. The Labute approximate surface area is 308 Å². The van der Waals surface area contributed by atoms with Crippen LogP contribution >= 0.6 is 68.0 Å². The monoisotopic (exact) mass is 764 g/mol. The molecule has 0 bridgehead atoms. The zero-order chi connectivity index (χ0) is 34.9. The average molecular weight is 765 g/mol. The molecule has 0 aromatic carbocycles. The van der Waals surface area contributed by atoms with Crippen molar-refractivity contribution in [2.75, 3.05) is 0 Å².